The van der Waals surface area contributed by atoms with Gasteiger partial charge < -0.3 is 14.8 Å². The van der Waals surface area contributed by atoms with Crippen LogP contribution in [0.2, 0.25) is 0 Å². The lowest BCUT2D eigenvalue weighted by molar-refractivity contribution is 0.0951. The van der Waals surface area contributed by atoms with Crippen LogP contribution in [0.1, 0.15) is 15.9 Å². The van der Waals surface area contributed by atoms with Crippen molar-refractivity contribution in [2.45, 2.75) is 6.54 Å². The van der Waals surface area contributed by atoms with Crippen LogP contribution in [-0.2, 0) is 6.54 Å². The van der Waals surface area contributed by atoms with Gasteiger partial charge in [0.05, 0.1) is 0 Å². The summed E-state index contributed by atoms with van der Waals surface area (Å²) in [6, 6.07) is 26.5. The molecule has 0 saturated carbocycles. The van der Waals surface area contributed by atoms with Crippen molar-refractivity contribution in [2.24, 2.45) is 0 Å². The van der Waals surface area contributed by atoms with E-state index in [2.05, 4.69) is 5.32 Å². The first-order valence-electron chi connectivity index (χ1n) is 8.54. The molecular weight excluding hydrogens is 326 g/mol. The second-order valence-corrected chi connectivity index (χ2v) is 5.70. The zero-order valence-electron chi connectivity index (χ0n) is 14.4. The first kappa shape index (κ1) is 17.5. The minimum absolute atomic E-state index is 0.104. The Morgan fingerprint density at radius 2 is 1.23 bits per heavy atom. The average Bonchev–Trinajstić information content (AvgIpc) is 2.71. The Morgan fingerprint density at radius 1 is 0.692 bits per heavy atom. The third-order valence-corrected chi connectivity index (χ3v) is 3.78. The Morgan fingerprint density at radius 3 is 1.85 bits per heavy atom. The second-order valence-electron chi connectivity index (χ2n) is 5.70. The van der Waals surface area contributed by atoms with Crippen LogP contribution in [0.3, 0.4) is 0 Å². The predicted octanol–water partition coefficient (Wildman–Crippen LogP) is 4.07. The average molecular weight is 347 g/mol. The van der Waals surface area contributed by atoms with Crippen molar-refractivity contribution in [2.75, 3.05) is 13.2 Å². The van der Waals surface area contributed by atoms with E-state index in [-0.39, 0.29) is 5.91 Å². The van der Waals surface area contributed by atoms with Crippen LogP contribution in [0.5, 0.6) is 11.5 Å². The van der Waals surface area contributed by atoms with Crippen LogP contribution in [0.25, 0.3) is 0 Å². The minimum atomic E-state index is -0.104. The zero-order valence-corrected chi connectivity index (χ0v) is 14.4. The van der Waals surface area contributed by atoms with Crippen LogP contribution in [-0.4, -0.2) is 19.1 Å². The molecule has 4 heteroatoms. The number of carbonyl (C=O) groups is 1. The molecule has 0 bridgehead atoms. The molecule has 0 unspecified atom stereocenters. The maximum Gasteiger partial charge on any atom is 0.251 e. The van der Waals surface area contributed by atoms with Crippen molar-refractivity contribution in [3.63, 3.8) is 0 Å². The van der Waals surface area contributed by atoms with Crippen molar-refractivity contribution < 1.29 is 14.3 Å². The normalized spacial score (nSPS) is 10.2. The van der Waals surface area contributed by atoms with Gasteiger partial charge in [-0.2, -0.15) is 0 Å². The van der Waals surface area contributed by atoms with Crippen molar-refractivity contribution in [3.05, 3.63) is 96.1 Å². The third-order valence-electron chi connectivity index (χ3n) is 3.78. The van der Waals surface area contributed by atoms with Crippen LogP contribution >= 0.6 is 0 Å². The highest BCUT2D eigenvalue weighted by Crippen LogP contribution is 2.13. The van der Waals surface area contributed by atoms with Crippen molar-refractivity contribution >= 4 is 5.91 Å². The van der Waals surface area contributed by atoms with Crippen molar-refractivity contribution in [3.8, 4) is 11.5 Å². The fraction of sp³-hybridized carbons (Fsp3) is 0.136. The molecule has 0 heterocycles. The number of hydrogen-bond acceptors (Lipinski definition) is 3. The Bertz CT molecular complexity index is 802. The van der Waals surface area contributed by atoms with Gasteiger partial charge in [-0.15, -0.1) is 0 Å². The number of nitrogens with one attached hydrogen (secondary N) is 1. The van der Waals surface area contributed by atoms with E-state index in [9.17, 15) is 4.79 Å². The van der Waals surface area contributed by atoms with Crippen molar-refractivity contribution in [1.82, 2.24) is 5.32 Å². The number of carbonyl (C=O) groups excluding carboxylic acids is 1. The van der Waals surface area contributed by atoms with Crippen LogP contribution in [0.15, 0.2) is 84.9 Å². The summed E-state index contributed by atoms with van der Waals surface area (Å²) in [5, 5.41) is 2.91. The SMILES string of the molecule is O=C(NCc1ccccc1)c1ccc(OCCOc2ccccc2)cc1. The molecule has 26 heavy (non-hydrogen) atoms. The van der Waals surface area contributed by atoms with E-state index in [0.717, 1.165) is 11.3 Å². The highest BCUT2D eigenvalue weighted by Gasteiger charge is 2.05. The van der Waals surface area contributed by atoms with Crippen molar-refractivity contribution in [1.29, 1.82) is 0 Å². The number of benzene rings is 3. The summed E-state index contributed by atoms with van der Waals surface area (Å²) in [4.78, 5) is 12.2. The molecule has 0 saturated heterocycles. The van der Waals surface area contributed by atoms with E-state index in [4.69, 9.17) is 9.47 Å². The molecule has 3 aromatic carbocycles. The first-order valence-corrected chi connectivity index (χ1v) is 8.54. The second kappa shape index (κ2) is 9.28. The number of para-hydroxylation sites is 1. The third kappa shape index (κ3) is 5.38. The quantitative estimate of drug-likeness (QED) is 0.625. The molecule has 4 nitrogen and oxygen atoms in total. The molecule has 0 aliphatic carbocycles. The lowest BCUT2D eigenvalue weighted by Gasteiger charge is -2.09. The summed E-state index contributed by atoms with van der Waals surface area (Å²) in [5.74, 6) is 1.43. The van der Waals surface area contributed by atoms with Crippen LogP contribution in [0.4, 0.5) is 0 Å². The summed E-state index contributed by atoms with van der Waals surface area (Å²) in [6.45, 7) is 1.41. The van der Waals surface area contributed by atoms with E-state index in [1.165, 1.54) is 0 Å². The van der Waals surface area contributed by atoms with E-state index in [1.54, 1.807) is 24.3 Å². The summed E-state index contributed by atoms with van der Waals surface area (Å²) in [5.41, 5.74) is 1.67. The summed E-state index contributed by atoms with van der Waals surface area (Å²) >= 11 is 0. The maximum atomic E-state index is 12.2. The number of ether oxygens (including phenoxy) is 2. The minimum Gasteiger partial charge on any atom is -0.490 e. The maximum absolute atomic E-state index is 12.2. The van der Waals surface area contributed by atoms with E-state index in [0.29, 0.717) is 31.1 Å². The van der Waals surface area contributed by atoms with Gasteiger partial charge in [-0.3, -0.25) is 4.79 Å². The van der Waals surface area contributed by atoms with Gasteiger partial charge in [-0.05, 0) is 42.0 Å². The van der Waals surface area contributed by atoms with Gasteiger partial charge in [-0.25, -0.2) is 0 Å². The molecule has 1 amide bonds. The number of hydrogen-bond donors (Lipinski definition) is 1. The Labute approximate surface area is 153 Å². The van der Waals surface area contributed by atoms with E-state index in [1.807, 2.05) is 60.7 Å². The van der Waals surface area contributed by atoms with E-state index < -0.39 is 0 Å². The summed E-state index contributed by atoms with van der Waals surface area (Å²) in [7, 11) is 0. The Hall–Kier alpha value is -3.27. The van der Waals surface area contributed by atoms with Gasteiger partial charge in [0.25, 0.3) is 5.91 Å². The lowest BCUT2D eigenvalue weighted by atomic mass is 10.2. The highest BCUT2D eigenvalue weighted by molar-refractivity contribution is 5.94. The zero-order chi connectivity index (χ0) is 18.0. The van der Waals surface area contributed by atoms with Gasteiger partial charge in [0.1, 0.15) is 24.7 Å². The van der Waals surface area contributed by atoms with Gasteiger partial charge in [0, 0.05) is 12.1 Å². The smallest absolute Gasteiger partial charge is 0.251 e. The van der Waals surface area contributed by atoms with Gasteiger partial charge in [0.15, 0.2) is 0 Å². The number of rotatable bonds is 8. The molecule has 3 aromatic rings. The fourth-order valence-electron chi connectivity index (χ4n) is 2.42. The molecule has 0 radical (unpaired) electrons. The predicted molar refractivity (Wildman–Crippen MR) is 101 cm³/mol. The Kier molecular flexibility index (Phi) is 6.26. The molecule has 3 rings (SSSR count). The van der Waals surface area contributed by atoms with E-state index >= 15 is 0 Å². The molecule has 0 aliphatic heterocycles. The molecule has 132 valence electrons. The van der Waals surface area contributed by atoms with Gasteiger partial charge in [-0.1, -0.05) is 48.5 Å². The van der Waals surface area contributed by atoms with Crippen LogP contribution in [0, 0.1) is 0 Å². The summed E-state index contributed by atoms with van der Waals surface area (Å²) in [6.07, 6.45) is 0. The molecule has 0 fully saturated rings. The molecule has 0 aliphatic rings. The topological polar surface area (TPSA) is 47.6 Å². The molecule has 0 spiro atoms. The standard InChI is InChI=1S/C22H21NO3/c24-22(23-17-18-7-3-1-4-8-18)19-11-13-21(14-12-19)26-16-15-25-20-9-5-2-6-10-20/h1-14H,15-17H2,(H,23,24). The number of amides is 1. The summed E-state index contributed by atoms with van der Waals surface area (Å²) < 4.78 is 11.2. The lowest BCUT2D eigenvalue weighted by Crippen LogP contribution is -2.22. The highest BCUT2D eigenvalue weighted by atomic mass is 16.5. The first-order chi connectivity index (χ1) is 12.8. The molecule has 0 aromatic heterocycles. The van der Waals surface area contributed by atoms with Gasteiger partial charge in [0.2, 0.25) is 0 Å². The fourth-order valence-corrected chi connectivity index (χ4v) is 2.42. The van der Waals surface area contributed by atoms with Gasteiger partial charge >= 0.3 is 0 Å². The largest absolute Gasteiger partial charge is 0.490 e. The monoisotopic (exact) mass is 347 g/mol. The Balaban J connectivity index is 1.42. The van der Waals surface area contributed by atoms with Crippen LogP contribution < -0.4 is 14.8 Å². The molecule has 1 N–H and O–H groups in total. The molecule has 0 atom stereocenters. The molecular formula is C22H21NO3.